The fourth-order valence-electron chi connectivity index (χ4n) is 2.81. The molecule has 1 aliphatic heterocycles. The van der Waals surface area contributed by atoms with Gasteiger partial charge in [0.15, 0.2) is 28.6 Å². The van der Waals surface area contributed by atoms with Crippen LogP contribution in [0.5, 0.6) is 17.2 Å². The lowest BCUT2D eigenvalue weighted by molar-refractivity contribution is 0.0825. The van der Waals surface area contributed by atoms with Crippen LogP contribution < -0.4 is 14.2 Å². The largest absolute Gasteiger partial charge is 0.493 e. The van der Waals surface area contributed by atoms with Gasteiger partial charge in [0.25, 0.3) is 0 Å². The van der Waals surface area contributed by atoms with Gasteiger partial charge < -0.3 is 18.8 Å². The van der Waals surface area contributed by atoms with Gasteiger partial charge >= 0.3 is 0 Å². The highest BCUT2D eigenvalue weighted by atomic mass is 32.2. The Bertz CT molecular complexity index is 911. The summed E-state index contributed by atoms with van der Waals surface area (Å²) in [5, 5.41) is 9.43. The predicted molar refractivity (Wildman–Crippen MR) is 104 cm³/mol. The van der Waals surface area contributed by atoms with E-state index in [0.29, 0.717) is 13.2 Å². The van der Waals surface area contributed by atoms with Gasteiger partial charge in [0.05, 0.1) is 6.61 Å². The Hall–Kier alpha value is -2.67. The summed E-state index contributed by atoms with van der Waals surface area (Å²) >= 11 is 1.61. The Labute approximate surface area is 162 Å². The summed E-state index contributed by atoms with van der Waals surface area (Å²) < 4.78 is 19.5. The molecule has 1 aromatic heterocycles. The molecule has 0 unspecified atom stereocenters. The molecule has 27 heavy (non-hydrogen) atoms. The second-order valence-corrected chi connectivity index (χ2v) is 7.34. The summed E-state index contributed by atoms with van der Waals surface area (Å²) in [6.45, 7) is 3.08. The molecule has 0 bridgehead atoms. The molecule has 2 heterocycles. The number of para-hydroxylation sites is 2. The van der Waals surface area contributed by atoms with Gasteiger partial charge in [0, 0.05) is 12.8 Å². The maximum Gasteiger partial charge on any atom is 0.192 e. The number of thioether (sulfide) groups is 1. The number of hydrogen-bond acceptors (Lipinski definition) is 6. The molecule has 0 fully saturated rings. The van der Waals surface area contributed by atoms with Crippen LogP contribution in [0.1, 0.15) is 17.5 Å². The van der Waals surface area contributed by atoms with E-state index >= 15 is 0 Å². The average molecular weight is 383 g/mol. The van der Waals surface area contributed by atoms with E-state index in [2.05, 4.69) is 17.1 Å². The van der Waals surface area contributed by atoms with Crippen molar-refractivity contribution in [2.45, 2.75) is 18.2 Å². The van der Waals surface area contributed by atoms with Crippen LogP contribution in [0.4, 0.5) is 0 Å². The second kappa shape index (κ2) is 7.92. The van der Waals surface area contributed by atoms with Crippen molar-refractivity contribution in [1.29, 1.82) is 0 Å². The third-order valence-electron chi connectivity index (χ3n) is 4.27. The number of aryl methyl sites for hydroxylation is 1. The number of benzene rings is 2. The zero-order chi connectivity index (χ0) is 18.6. The van der Waals surface area contributed by atoms with E-state index in [1.807, 2.05) is 60.1 Å². The highest BCUT2D eigenvalue weighted by Gasteiger charge is 2.27. The Morgan fingerprint density at radius 2 is 1.89 bits per heavy atom. The number of aromatic nitrogens is 3. The normalized spacial score (nSPS) is 15.6. The van der Waals surface area contributed by atoms with E-state index in [9.17, 15) is 0 Å². The fourth-order valence-corrected chi connectivity index (χ4v) is 3.54. The van der Waals surface area contributed by atoms with Crippen molar-refractivity contribution in [3.63, 3.8) is 0 Å². The average Bonchev–Trinajstić information content (AvgIpc) is 3.07. The molecule has 7 heteroatoms. The molecule has 1 atom stereocenters. The van der Waals surface area contributed by atoms with Gasteiger partial charge in [-0.25, -0.2) is 0 Å². The molecular weight excluding hydrogens is 362 g/mol. The van der Waals surface area contributed by atoms with Crippen LogP contribution in [0.15, 0.2) is 53.7 Å². The Balaban J connectivity index is 1.33. The van der Waals surface area contributed by atoms with Crippen molar-refractivity contribution in [1.82, 2.24) is 14.8 Å². The third kappa shape index (κ3) is 4.03. The first kappa shape index (κ1) is 17.7. The van der Waals surface area contributed by atoms with Crippen molar-refractivity contribution in [3.05, 3.63) is 59.9 Å². The van der Waals surface area contributed by atoms with Gasteiger partial charge in [-0.05, 0) is 31.2 Å². The number of rotatable bonds is 6. The molecule has 140 valence electrons. The van der Waals surface area contributed by atoms with Crippen molar-refractivity contribution >= 4 is 11.8 Å². The first-order valence-electron chi connectivity index (χ1n) is 8.81. The lowest BCUT2D eigenvalue weighted by atomic mass is 10.2. The lowest BCUT2D eigenvalue weighted by Gasteiger charge is -2.25. The van der Waals surface area contributed by atoms with Crippen LogP contribution >= 0.6 is 11.8 Å². The molecule has 3 aromatic rings. The van der Waals surface area contributed by atoms with Gasteiger partial charge in [-0.2, -0.15) is 0 Å². The molecular formula is C20H21N3O3S. The van der Waals surface area contributed by atoms with Crippen LogP contribution in [-0.2, 0) is 7.05 Å². The smallest absolute Gasteiger partial charge is 0.192 e. The summed E-state index contributed by atoms with van der Waals surface area (Å²) in [5.41, 5.74) is 1.22. The second-order valence-electron chi connectivity index (χ2n) is 6.27. The minimum absolute atomic E-state index is 0.268. The maximum absolute atomic E-state index is 6.02. The molecule has 0 N–H and O–H groups in total. The van der Waals surface area contributed by atoms with Crippen LogP contribution in [0.25, 0.3) is 0 Å². The van der Waals surface area contributed by atoms with E-state index in [1.165, 1.54) is 5.56 Å². The molecule has 0 radical (unpaired) electrons. The molecule has 0 saturated heterocycles. The molecule has 2 aromatic carbocycles. The van der Waals surface area contributed by atoms with Crippen LogP contribution in [0, 0.1) is 6.92 Å². The van der Waals surface area contributed by atoms with Crippen LogP contribution in [0.3, 0.4) is 0 Å². The van der Waals surface area contributed by atoms with E-state index in [4.69, 9.17) is 14.2 Å². The Morgan fingerprint density at radius 1 is 1.11 bits per heavy atom. The van der Waals surface area contributed by atoms with Gasteiger partial charge in [-0.3, -0.25) is 0 Å². The zero-order valence-electron chi connectivity index (χ0n) is 15.3. The Morgan fingerprint density at radius 3 is 2.70 bits per heavy atom. The maximum atomic E-state index is 6.02. The SMILES string of the molecule is Cc1ccc(OCCSc2nnc([C@H]3COc4ccccc4O3)n2C)cc1. The Kier molecular flexibility index (Phi) is 5.20. The minimum Gasteiger partial charge on any atom is -0.493 e. The standard InChI is InChI=1S/C20H21N3O3S/c1-14-7-9-15(10-8-14)24-11-12-27-20-22-21-19(23(20)2)18-13-25-16-5-3-4-6-17(16)26-18/h3-10,18H,11-13H2,1-2H3/t18-/m1/s1. The predicted octanol–water partition coefficient (Wildman–Crippen LogP) is 3.81. The summed E-state index contributed by atoms with van der Waals surface area (Å²) in [4.78, 5) is 0. The first-order valence-corrected chi connectivity index (χ1v) is 9.79. The van der Waals surface area contributed by atoms with Crippen molar-refractivity contribution in [2.24, 2.45) is 7.05 Å². The molecule has 0 amide bonds. The van der Waals surface area contributed by atoms with E-state index in [-0.39, 0.29) is 6.10 Å². The number of ether oxygens (including phenoxy) is 3. The van der Waals surface area contributed by atoms with Crippen molar-refractivity contribution < 1.29 is 14.2 Å². The number of nitrogens with zero attached hydrogens (tertiary/aromatic N) is 3. The first-order chi connectivity index (χ1) is 13.2. The van der Waals surface area contributed by atoms with Gasteiger partial charge in [0.2, 0.25) is 0 Å². The highest BCUT2D eigenvalue weighted by Crippen LogP contribution is 2.35. The van der Waals surface area contributed by atoms with Crippen molar-refractivity contribution in [2.75, 3.05) is 19.0 Å². The molecule has 0 aliphatic carbocycles. The third-order valence-corrected chi connectivity index (χ3v) is 5.25. The van der Waals surface area contributed by atoms with Gasteiger partial charge in [0.1, 0.15) is 12.4 Å². The summed E-state index contributed by atoms with van der Waals surface area (Å²) in [5.74, 6) is 3.92. The van der Waals surface area contributed by atoms with Gasteiger partial charge in [-0.1, -0.05) is 41.6 Å². The minimum atomic E-state index is -0.268. The topological polar surface area (TPSA) is 58.4 Å². The molecule has 0 saturated carbocycles. The summed E-state index contributed by atoms with van der Waals surface area (Å²) in [6, 6.07) is 15.7. The van der Waals surface area contributed by atoms with Crippen LogP contribution in [-0.4, -0.2) is 33.7 Å². The molecule has 6 nitrogen and oxygen atoms in total. The summed E-state index contributed by atoms with van der Waals surface area (Å²) in [7, 11) is 1.95. The van der Waals surface area contributed by atoms with Crippen LogP contribution in [0.2, 0.25) is 0 Å². The molecule has 4 rings (SSSR count). The van der Waals surface area contributed by atoms with E-state index in [1.54, 1.807) is 11.8 Å². The van der Waals surface area contributed by atoms with Gasteiger partial charge in [-0.15, -0.1) is 10.2 Å². The van der Waals surface area contributed by atoms with E-state index in [0.717, 1.165) is 34.0 Å². The quantitative estimate of drug-likeness (QED) is 0.477. The number of hydrogen-bond donors (Lipinski definition) is 0. The summed E-state index contributed by atoms with van der Waals surface area (Å²) in [6.07, 6.45) is -0.268. The van der Waals surface area contributed by atoms with Crippen molar-refractivity contribution in [3.8, 4) is 17.2 Å². The lowest BCUT2D eigenvalue weighted by Crippen LogP contribution is -2.24. The monoisotopic (exact) mass is 383 g/mol. The fraction of sp³-hybridized carbons (Fsp3) is 0.300. The van der Waals surface area contributed by atoms with E-state index < -0.39 is 0 Å². The highest BCUT2D eigenvalue weighted by molar-refractivity contribution is 7.99. The number of fused-ring (bicyclic) bond motifs is 1. The molecule has 0 spiro atoms. The zero-order valence-corrected chi connectivity index (χ0v) is 16.1. The molecule has 1 aliphatic rings.